The zero-order chi connectivity index (χ0) is 11.4. The number of aromatic nitrogens is 1. The van der Waals surface area contributed by atoms with Crippen molar-refractivity contribution in [3.8, 4) is 0 Å². The first-order chi connectivity index (χ1) is 7.81. The summed E-state index contributed by atoms with van der Waals surface area (Å²) in [6, 6.07) is 4.05. The van der Waals surface area contributed by atoms with Gasteiger partial charge in [0, 0.05) is 11.6 Å². The molecule has 0 amide bonds. The van der Waals surface area contributed by atoms with Crippen molar-refractivity contribution in [2.75, 3.05) is 13.1 Å². The molecule has 0 bridgehead atoms. The van der Waals surface area contributed by atoms with E-state index in [0.29, 0.717) is 11.8 Å². The van der Waals surface area contributed by atoms with Crippen molar-refractivity contribution in [3.05, 3.63) is 23.5 Å². The molecule has 0 saturated carbocycles. The van der Waals surface area contributed by atoms with E-state index in [1.165, 1.54) is 24.9 Å². The summed E-state index contributed by atoms with van der Waals surface area (Å²) in [5, 5.41) is 8.55. The molecular weight excluding hydrogens is 202 g/mol. The maximum absolute atomic E-state index is 5.74. The first-order valence-corrected chi connectivity index (χ1v) is 5.58. The van der Waals surface area contributed by atoms with Gasteiger partial charge in [-0.25, -0.2) is 0 Å². The second kappa shape index (κ2) is 4.94. The van der Waals surface area contributed by atoms with Crippen LogP contribution in [0.5, 0.6) is 0 Å². The summed E-state index contributed by atoms with van der Waals surface area (Å²) < 4.78 is 0. The van der Waals surface area contributed by atoms with E-state index in [9.17, 15) is 0 Å². The first-order valence-electron chi connectivity index (χ1n) is 5.58. The van der Waals surface area contributed by atoms with Crippen LogP contribution >= 0.6 is 0 Å². The molecule has 1 aliphatic heterocycles. The lowest BCUT2D eigenvalue weighted by Crippen LogP contribution is -2.30. The summed E-state index contributed by atoms with van der Waals surface area (Å²) in [7, 11) is 0. The van der Waals surface area contributed by atoms with Crippen LogP contribution in [-0.4, -0.2) is 30.2 Å². The molecule has 0 aliphatic carbocycles. The molecule has 0 unspecified atom stereocenters. The molecule has 6 N–H and O–H groups in total. The molecule has 2 rings (SSSR count). The average Bonchev–Trinajstić information content (AvgIpc) is 2.80. The number of nitrogens with two attached hydrogens (primary N) is 2. The van der Waals surface area contributed by atoms with Crippen molar-refractivity contribution >= 4 is 12.2 Å². The third kappa shape index (κ3) is 2.30. The van der Waals surface area contributed by atoms with Crippen LogP contribution in [0.2, 0.25) is 0 Å². The van der Waals surface area contributed by atoms with Gasteiger partial charge in [-0.3, -0.25) is 5.41 Å². The fraction of sp³-hybridized carbons (Fsp3) is 0.455. The zero-order valence-corrected chi connectivity index (χ0v) is 9.24. The third-order valence-electron chi connectivity index (χ3n) is 2.98. The Bertz CT molecular complexity index is 387. The number of piperidine rings is 1. The molecule has 1 aromatic rings. The maximum atomic E-state index is 5.74. The fourth-order valence-electron chi connectivity index (χ4n) is 2.08. The predicted octanol–water partition coefficient (Wildman–Crippen LogP) is -1.03. The molecule has 1 aromatic heterocycles. The number of nitrogens with one attached hydrogen (secondary N) is 2. The minimum Gasteiger partial charge on any atom is -0.361 e. The van der Waals surface area contributed by atoms with Crippen LogP contribution in [-0.2, 0) is 0 Å². The van der Waals surface area contributed by atoms with Gasteiger partial charge in [0.25, 0.3) is 12.2 Å². The molecule has 86 valence electrons. The molecule has 0 spiro atoms. The highest BCUT2D eigenvalue weighted by atomic mass is 14.9. The van der Waals surface area contributed by atoms with Gasteiger partial charge in [-0.05, 0) is 43.1 Å². The number of nitrogens with zero attached hydrogens (tertiary/aromatic N) is 1. The molecular formula is C11H18N5+. The summed E-state index contributed by atoms with van der Waals surface area (Å²) in [6.07, 6.45) is 3.54. The minimum absolute atomic E-state index is 0.433. The summed E-state index contributed by atoms with van der Waals surface area (Å²) in [5.74, 6) is 1.03. The van der Waals surface area contributed by atoms with Crippen molar-refractivity contribution in [2.24, 2.45) is 10.7 Å². The predicted molar refractivity (Wildman–Crippen MR) is 64.4 cm³/mol. The van der Waals surface area contributed by atoms with E-state index in [-0.39, 0.29) is 0 Å². The number of aromatic amines is 1. The van der Waals surface area contributed by atoms with E-state index in [1.54, 1.807) is 0 Å². The Morgan fingerprint density at radius 3 is 2.88 bits per heavy atom. The fourth-order valence-corrected chi connectivity index (χ4v) is 2.08. The lowest BCUT2D eigenvalue weighted by Gasteiger charge is -2.21. The van der Waals surface area contributed by atoms with E-state index in [4.69, 9.17) is 11.1 Å². The van der Waals surface area contributed by atoms with E-state index in [2.05, 4.69) is 21.4 Å². The molecule has 0 atom stereocenters. The second-order valence-electron chi connectivity index (χ2n) is 4.02. The average molecular weight is 220 g/mol. The van der Waals surface area contributed by atoms with Crippen LogP contribution in [0.25, 0.3) is 0 Å². The van der Waals surface area contributed by atoms with Crippen molar-refractivity contribution in [1.82, 2.24) is 10.3 Å². The van der Waals surface area contributed by atoms with Crippen LogP contribution < -0.4 is 16.5 Å². The smallest absolute Gasteiger partial charge is 0.280 e. The van der Waals surface area contributed by atoms with Crippen LogP contribution in [0.15, 0.2) is 17.1 Å². The molecule has 1 fully saturated rings. The molecule has 0 radical (unpaired) electrons. The van der Waals surface area contributed by atoms with E-state index in [1.807, 2.05) is 6.07 Å². The van der Waals surface area contributed by atoms with Crippen molar-refractivity contribution in [1.29, 1.82) is 0 Å². The molecule has 2 heterocycles. The topological polar surface area (TPSA) is 91.8 Å². The van der Waals surface area contributed by atoms with Gasteiger partial charge in [0.1, 0.15) is 5.69 Å². The number of hydrogen-bond donors (Lipinski definition) is 4. The number of amidine groups is 1. The van der Waals surface area contributed by atoms with Crippen molar-refractivity contribution in [3.63, 3.8) is 0 Å². The Morgan fingerprint density at radius 1 is 1.44 bits per heavy atom. The number of aliphatic imine (C=N–C) groups is 1. The van der Waals surface area contributed by atoms with Crippen molar-refractivity contribution in [2.45, 2.75) is 18.8 Å². The summed E-state index contributed by atoms with van der Waals surface area (Å²) in [4.78, 5) is 7.17. The Hall–Kier alpha value is -1.62. The number of H-pyrrole nitrogens is 1. The Labute approximate surface area is 94.7 Å². The molecule has 1 saturated heterocycles. The van der Waals surface area contributed by atoms with Crippen LogP contribution in [0, 0.1) is 0 Å². The quantitative estimate of drug-likeness (QED) is 0.387. The Kier molecular flexibility index (Phi) is 3.36. The highest BCUT2D eigenvalue weighted by molar-refractivity contribution is 5.99. The monoisotopic (exact) mass is 220 g/mol. The van der Waals surface area contributed by atoms with E-state index >= 15 is 0 Å². The minimum atomic E-state index is 0.433. The van der Waals surface area contributed by atoms with Gasteiger partial charge in [0.15, 0.2) is 0 Å². The van der Waals surface area contributed by atoms with Crippen LogP contribution in [0.1, 0.15) is 30.1 Å². The lowest BCUT2D eigenvalue weighted by molar-refractivity contribution is -0.106. The van der Waals surface area contributed by atoms with Crippen molar-refractivity contribution < 1.29 is 5.41 Å². The van der Waals surface area contributed by atoms with Crippen LogP contribution in [0.3, 0.4) is 0 Å². The summed E-state index contributed by atoms with van der Waals surface area (Å²) >= 11 is 0. The maximum Gasteiger partial charge on any atom is 0.280 e. The Balaban J connectivity index is 2.12. The highest BCUT2D eigenvalue weighted by Gasteiger charge is 2.17. The van der Waals surface area contributed by atoms with Gasteiger partial charge in [-0.15, -0.1) is 0 Å². The highest BCUT2D eigenvalue weighted by Crippen LogP contribution is 2.24. The van der Waals surface area contributed by atoms with Gasteiger partial charge in [0.05, 0.1) is 0 Å². The van der Waals surface area contributed by atoms with E-state index < -0.39 is 0 Å². The standard InChI is InChI=1S/C11H17N5/c12-7-15-11(13)10-2-1-9(16-10)8-3-5-14-6-4-8/h1-2,7-8,14,16H,3-6H2,(H3,12,13,15)/p+1. The zero-order valence-electron chi connectivity index (χ0n) is 9.24. The summed E-state index contributed by atoms with van der Waals surface area (Å²) in [5.41, 5.74) is 7.83. The van der Waals surface area contributed by atoms with Gasteiger partial charge in [0.2, 0.25) is 0 Å². The number of hydrogen-bond acceptors (Lipinski definition) is 1. The first kappa shape index (κ1) is 10.9. The van der Waals surface area contributed by atoms with Gasteiger partial charge >= 0.3 is 0 Å². The molecule has 1 aliphatic rings. The molecule has 0 aromatic carbocycles. The van der Waals surface area contributed by atoms with Gasteiger partial charge < -0.3 is 16.0 Å². The van der Waals surface area contributed by atoms with Crippen LogP contribution in [0.4, 0.5) is 0 Å². The SMILES string of the molecule is NC(=NC=[NH2+])c1ccc(C2CCNCC2)[nH]1. The molecule has 5 nitrogen and oxygen atoms in total. The van der Waals surface area contributed by atoms with Gasteiger partial charge in [-0.2, -0.15) is 0 Å². The normalized spacial score (nSPS) is 18.6. The molecule has 16 heavy (non-hydrogen) atoms. The largest absolute Gasteiger partial charge is 0.361 e. The number of rotatable bonds is 3. The lowest BCUT2D eigenvalue weighted by atomic mass is 9.95. The summed E-state index contributed by atoms with van der Waals surface area (Å²) in [6.45, 7) is 2.17. The second-order valence-corrected chi connectivity index (χ2v) is 4.02. The van der Waals surface area contributed by atoms with E-state index in [0.717, 1.165) is 18.8 Å². The molecule has 5 heteroatoms. The Morgan fingerprint density at radius 2 is 2.19 bits per heavy atom. The van der Waals surface area contributed by atoms with Gasteiger partial charge in [-0.1, -0.05) is 0 Å². The third-order valence-corrected chi connectivity index (χ3v) is 2.98.